The van der Waals surface area contributed by atoms with Gasteiger partial charge < -0.3 is 5.11 Å². The Morgan fingerprint density at radius 1 is 0.875 bits per heavy atom. The van der Waals surface area contributed by atoms with Crippen molar-refractivity contribution in [2.75, 3.05) is 0 Å². The highest BCUT2D eigenvalue weighted by molar-refractivity contribution is 6.31. The van der Waals surface area contributed by atoms with E-state index in [2.05, 4.69) is 11.1 Å². The zero-order valence-corrected chi connectivity index (χ0v) is 13.3. The predicted molar refractivity (Wildman–Crippen MR) is 96.7 cm³/mol. The molecule has 0 aliphatic heterocycles. The molecule has 4 heteroatoms. The summed E-state index contributed by atoms with van der Waals surface area (Å²) in [5.74, 6) is -0.951. The summed E-state index contributed by atoms with van der Waals surface area (Å²) in [4.78, 5) is 15.7. The highest BCUT2D eigenvalue weighted by Gasteiger charge is 2.10. The Morgan fingerprint density at radius 3 is 2.42 bits per heavy atom. The Labute approximate surface area is 143 Å². The van der Waals surface area contributed by atoms with Crippen LogP contribution in [0.4, 0.5) is 0 Å². The molecule has 0 atom stereocenters. The number of aromatic carboxylic acids is 1. The minimum Gasteiger partial charge on any atom is -0.478 e. The third-order valence-electron chi connectivity index (χ3n) is 4.11. The fraction of sp³-hybridized carbons (Fsp3) is 0. The number of carboxylic acids is 1. The normalized spacial score (nSPS) is 11.0. The molecule has 1 N–H and O–H groups in total. The van der Waals surface area contributed by atoms with Crippen molar-refractivity contribution in [1.29, 1.82) is 0 Å². The number of halogens is 1. The maximum Gasteiger partial charge on any atom is 0.336 e. The average Bonchev–Trinajstić information content (AvgIpc) is 2.60. The summed E-state index contributed by atoms with van der Waals surface area (Å²) in [6, 6.07) is 19.1. The molecule has 1 heterocycles. The van der Waals surface area contributed by atoms with Crippen LogP contribution in [0.1, 0.15) is 10.4 Å². The van der Waals surface area contributed by atoms with Gasteiger partial charge in [-0.25, -0.2) is 4.79 Å². The summed E-state index contributed by atoms with van der Waals surface area (Å²) >= 11 is 6.03. The van der Waals surface area contributed by atoms with Gasteiger partial charge in [-0.05, 0) is 58.3 Å². The van der Waals surface area contributed by atoms with Crippen molar-refractivity contribution in [1.82, 2.24) is 4.98 Å². The lowest BCUT2D eigenvalue weighted by Crippen LogP contribution is -1.98. The van der Waals surface area contributed by atoms with E-state index in [1.165, 1.54) is 12.3 Å². The van der Waals surface area contributed by atoms with Crippen LogP contribution in [0.3, 0.4) is 0 Å². The summed E-state index contributed by atoms with van der Waals surface area (Å²) in [5, 5.41) is 12.9. The third kappa shape index (κ3) is 2.49. The van der Waals surface area contributed by atoms with Gasteiger partial charge in [0.05, 0.1) is 11.1 Å². The van der Waals surface area contributed by atoms with Gasteiger partial charge in [-0.2, -0.15) is 0 Å². The summed E-state index contributed by atoms with van der Waals surface area (Å²) < 4.78 is 0. The number of pyridine rings is 1. The average molecular weight is 334 g/mol. The molecule has 24 heavy (non-hydrogen) atoms. The Balaban J connectivity index is 1.91. The number of hydrogen-bond donors (Lipinski definition) is 1. The Bertz CT molecular complexity index is 1110. The fourth-order valence-electron chi connectivity index (χ4n) is 2.91. The van der Waals surface area contributed by atoms with Crippen molar-refractivity contribution in [2.45, 2.75) is 0 Å². The number of fused-ring (bicyclic) bond motifs is 2. The number of aromatic nitrogens is 1. The van der Waals surface area contributed by atoms with Crippen LogP contribution in [0, 0.1) is 0 Å². The molecule has 3 aromatic carbocycles. The van der Waals surface area contributed by atoms with E-state index in [0.29, 0.717) is 15.9 Å². The number of benzene rings is 3. The maximum atomic E-state index is 11.4. The lowest BCUT2D eigenvalue weighted by molar-refractivity contribution is 0.0699. The second-order valence-corrected chi connectivity index (χ2v) is 6.04. The summed E-state index contributed by atoms with van der Waals surface area (Å²) in [7, 11) is 0. The summed E-state index contributed by atoms with van der Waals surface area (Å²) in [5.41, 5.74) is 2.91. The Kier molecular flexibility index (Phi) is 3.44. The van der Waals surface area contributed by atoms with Crippen molar-refractivity contribution in [3.8, 4) is 11.1 Å². The van der Waals surface area contributed by atoms with Crippen LogP contribution >= 0.6 is 11.6 Å². The van der Waals surface area contributed by atoms with E-state index in [1.807, 2.05) is 48.5 Å². The molecule has 0 fully saturated rings. The lowest BCUT2D eigenvalue weighted by atomic mass is 9.98. The van der Waals surface area contributed by atoms with E-state index in [4.69, 9.17) is 11.6 Å². The second kappa shape index (κ2) is 5.62. The lowest BCUT2D eigenvalue weighted by Gasteiger charge is -2.07. The number of carbonyl (C=O) groups is 1. The third-order valence-corrected chi connectivity index (χ3v) is 4.34. The first kappa shape index (κ1) is 14.7. The van der Waals surface area contributed by atoms with Crippen molar-refractivity contribution in [3.05, 3.63) is 77.4 Å². The number of carboxylic acid groups (broad SMARTS) is 1. The molecule has 4 aromatic rings. The summed E-state index contributed by atoms with van der Waals surface area (Å²) in [6.07, 6.45) is 1.52. The molecule has 0 bridgehead atoms. The van der Waals surface area contributed by atoms with Gasteiger partial charge in [0.2, 0.25) is 0 Å². The Morgan fingerprint density at radius 2 is 1.58 bits per heavy atom. The zero-order valence-electron chi connectivity index (χ0n) is 12.5. The monoisotopic (exact) mass is 333 g/mol. The SMILES string of the molecule is O=C(O)c1ccnc2ccc(-c3ccc4cc(Cl)ccc4c3)cc12. The molecule has 0 saturated carbocycles. The van der Waals surface area contributed by atoms with Crippen molar-refractivity contribution in [2.24, 2.45) is 0 Å². The standard InChI is InChI=1S/C20H12ClNO2/c21-16-5-3-13-9-12(1-2-14(13)10-16)15-4-6-19-18(11-15)17(20(23)24)7-8-22-19/h1-11H,(H,23,24). The van der Waals surface area contributed by atoms with E-state index >= 15 is 0 Å². The minimum absolute atomic E-state index is 0.259. The van der Waals surface area contributed by atoms with Gasteiger partial charge in [-0.15, -0.1) is 0 Å². The molecule has 0 saturated heterocycles. The van der Waals surface area contributed by atoms with E-state index in [-0.39, 0.29) is 5.56 Å². The van der Waals surface area contributed by atoms with Crippen LogP contribution in [0.2, 0.25) is 5.02 Å². The van der Waals surface area contributed by atoms with Crippen LogP contribution < -0.4 is 0 Å². The van der Waals surface area contributed by atoms with Gasteiger partial charge in [-0.1, -0.05) is 35.9 Å². The van der Waals surface area contributed by atoms with Crippen molar-refractivity contribution in [3.63, 3.8) is 0 Å². The van der Waals surface area contributed by atoms with Crippen LogP contribution in [0.15, 0.2) is 66.9 Å². The highest BCUT2D eigenvalue weighted by atomic mass is 35.5. The fourth-order valence-corrected chi connectivity index (χ4v) is 3.09. The molecule has 4 rings (SSSR count). The number of rotatable bonds is 2. The first-order chi connectivity index (χ1) is 11.6. The molecule has 0 aliphatic carbocycles. The first-order valence-electron chi connectivity index (χ1n) is 7.43. The van der Waals surface area contributed by atoms with Crippen LogP contribution in [0.5, 0.6) is 0 Å². The predicted octanol–water partition coefficient (Wildman–Crippen LogP) is 5.41. The topological polar surface area (TPSA) is 50.2 Å². The maximum absolute atomic E-state index is 11.4. The zero-order chi connectivity index (χ0) is 16.7. The Hall–Kier alpha value is -2.91. The summed E-state index contributed by atoms with van der Waals surface area (Å²) in [6.45, 7) is 0. The van der Waals surface area contributed by atoms with Crippen molar-refractivity contribution < 1.29 is 9.90 Å². The molecular formula is C20H12ClNO2. The molecule has 3 nitrogen and oxygen atoms in total. The second-order valence-electron chi connectivity index (χ2n) is 5.60. The molecule has 0 unspecified atom stereocenters. The first-order valence-corrected chi connectivity index (χ1v) is 7.81. The molecule has 0 aliphatic rings. The molecular weight excluding hydrogens is 322 g/mol. The molecule has 0 radical (unpaired) electrons. The minimum atomic E-state index is -0.951. The molecule has 0 spiro atoms. The van der Waals surface area contributed by atoms with E-state index in [9.17, 15) is 9.90 Å². The van der Waals surface area contributed by atoms with Gasteiger partial charge in [0.15, 0.2) is 0 Å². The van der Waals surface area contributed by atoms with E-state index in [0.717, 1.165) is 21.9 Å². The van der Waals surface area contributed by atoms with Crippen molar-refractivity contribution >= 4 is 39.2 Å². The van der Waals surface area contributed by atoms with E-state index in [1.54, 1.807) is 0 Å². The smallest absolute Gasteiger partial charge is 0.336 e. The quantitative estimate of drug-likeness (QED) is 0.534. The molecule has 116 valence electrons. The number of hydrogen-bond acceptors (Lipinski definition) is 2. The van der Waals surface area contributed by atoms with E-state index < -0.39 is 5.97 Å². The molecule has 1 aromatic heterocycles. The van der Waals surface area contributed by atoms with Gasteiger partial charge >= 0.3 is 5.97 Å². The molecule has 0 amide bonds. The van der Waals surface area contributed by atoms with Crippen LogP contribution in [-0.4, -0.2) is 16.1 Å². The van der Waals surface area contributed by atoms with Crippen LogP contribution in [-0.2, 0) is 0 Å². The van der Waals surface area contributed by atoms with Gasteiger partial charge in [0.25, 0.3) is 0 Å². The van der Waals surface area contributed by atoms with Gasteiger partial charge in [0.1, 0.15) is 0 Å². The largest absolute Gasteiger partial charge is 0.478 e. The van der Waals surface area contributed by atoms with Gasteiger partial charge in [-0.3, -0.25) is 4.98 Å². The number of nitrogens with zero attached hydrogens (tertiary/aromatic N) is 1. The van der Waals surface area contributed by atoms with Crippen LogP contribution in [0.25, 0.3) is 32.8 Å². The highest BCUT2D eigenvalue weighted by Crippen LogP contribution is 2.29. The van der Waals surface area contributed by atoms with Gasteiger partial charge in [0, 0.05) is 16.6 Å².